The molecule has 222 valence electrons. The second-order valence-electron chi connectivity index (χ2n) is 8.83. The van der Waals surface area contributed by atoms with E-state index in [4.69, 9.17) is 30.5 Å². The Kier molecular flexibility index (Phi) is 8.76. The van der Waals surface area contributed by atoms with E-state index in [1.165, 1.54) is 19.2 Å². The average Bonchev–Trinajstić information content (AvgIpc) is 2.92. The minimum atomic E-state index is -5.21. The van der Waals surface area contributed by atoms with E-state index in [1.54, 1.807) is 38.1 Å². The summed E-state index contributed by atoms with van der Waals surface area (Å²) in [6, 6.07) is 11.0. The minimum Gasteiger partial charge on any atom is -0.495 e. The number of hydrogen-bond acceptors (Lipinski definition) is 6. The number of hydrogen-bond donors (Lipinski definition) is 0. The lowest BCUT2D eigenvalue weighted by Gasteiger charge is -2.18. The molecule has 4 aromatic rings. The fraction of sp³-hybridized carbons (Fsp3) is 0.241. The third-order valence-corrected chi connectivity index (χ3v) is 6.47. The number of carbonyl (C=O) groups is 1. The summed E-state index contributed by atoms with van der Waals surface area (Å²) >= 11 is 6.35. The molecule has 0 amide bonds. The molecule has 3 aromatic carbocycles. The van der Waals surface area contributed by atoms with Gasteiger partial charge in [-0.2, -0.15) is 26.3 Å². The molecule has 0 radical (unpaired) electrons. The number of pyridine rings is 1. The largest absolute Gasteiger partial charge is 0.511 e. The number of fused-ring (bicyclic) bond motifs is 1. The molecule has 13 heteroatoms. The van der Waals surface area contributed by atoms with Crippen LogP contribution in [0.2, 0.25) is 5.02 Å². The van der Waals surface area contributed by atoms with Crippen molar-refractivity contribution in [3.8, 4) is 33.8 Å². The molecule has 6 nitrogen and oxygen atoms in total. The fourth-order valence-electron chi connectivity index (χ4n) is 4.33. The Balaban J connectivity index is 1.80. The SMILES string of the molecule is CCOC(=O)OCOc1c(-c2ccc(-c3ccc(C(F)(F)F)c(C(F)(F)F)c3)cc2)c(C)nc2cc(OC)c(Cl)cc12. The number of aryl methyl sites for hydroxylation is 1. The quantitative estimate of drug-likeness (QED) is 0.118. The highest BCUT2D eigenvalue weighted by Crippen LogP contribution is 2.44. The van der Waals surface area contributed by atoms with E-state index in [2.05, 4.69) is 4.98 Å². The Labute approximate surface area is 240 Å². The molecule has 0 fully saturated rings. The fourth-order valence-corrected chi connectivity index (χ4v) is 4.57. The molecular weight excluding hydrogens is 592 g/mol. The van der Waals surface area contributed by atoms with Gasteiger partial charge in [-0.05, 0) is 48.7 Å². The van der Waals surface area contributed by atoms with Crippen molar-refractivity contribution in [3.63, 3.8) is 0 Å². The number of nitrogens with zero attached hydrogens (tertiary/aromatic N) is 1. The van der Waals surface area contributed by atoms with Crippen LogP contribution in [-0.4, -0.2) is 31.6 Å². The summed E-state index contributed by atoms with van der Waals surface area (Å²) in [5.41, 5.74) is -1.49. The number of benzene rings is 3. The average molecular weight is 614 g/mol. The normalized spacial score (nSPS) is 11.9. The Morgan fingerprint density at radius 1 is 0.857 bits per heavy atom. The highest BCUT2D eigenvalue weighted by Gasteiger charge is 2.43. The highest BCUT2D eigenvalue weighted by molar-refractivity contribution is 6.33. The summed E-state index contributed by atoms with van der Waals surface area (Å²) in [6.45, 7) is 2.85. The maximum Gasteiger partial charge on any atom is 0.511 e. The van der Waals surface area contributed by atoms with Gasteiger partial charge in [-0.1, -0.05) is 41.9 Å². The number of aromatic nitrogens is 1. The number of halogens is 7. The molecule has 0 aliphatic heterocycles. The molecular formula is C29H22ClF6NO5. The van der Waals surface area contributed by atoms with Gasteiger partial charge in [0.2, 0.25) is 6.79 Å². The smallest absolute Gasteiger partial charge is 0.495 e. The van der Waals surface area contributed by atoms with E-state index < -0.39 is 36.4 Å². The van der Waals surface area contributed by atoms with Gasteiger partial charge in [-0.3, -0.25) is 4.98 Å². The Morgan fingerprint density at radius 3 is 2.07 bits per heavy atom. The van der Waals surface area contributed by atoms with Gasteiger partial charge >= 0.3 is 18.5 Å². The van der Waals surface area contributed by atoms with Gasteiger partial charge in [-0.25, -0.2) is 4.79 Å². The molecule has 0 N–H and O–H groups in total. The van der Waals surface area contributed by atoms with Gasteiger partial charge in [0, 0.05) is 22.7 Å². The van der Waals surface area contributed by atoms with E-state index in [-0.39, 0.29) is 28.5 Å². The van der Waals surface area contributed by atoms with Gasteiger partial charge < -0.3 is 18.9 Å². The van der Waals surface area contributed by atoms with Gasteiger partial charge in [0.25, 0.3) is 0 Å². The molecule has 1 aromatic heterocycles. The van der Waals surface area contributed by atoms with Crippen molar-refractivity contribution in [2.45, 2.75) is 26.2 Å². The van der Waals surface area contributed by atoms with Crippen LogP contribution in [-0.2, 0) is 21.8 Å². The zero-order valence-corrected chi connectivity index (χ0v) is 23.0. The lowest BCUT2D eigenvalue weighted by molar-refractivity contribution is -0.162. The molecule has 0 aliphatic rings. The van der Waals surface area contributed by atoms with Gasteiger partial charge in [0.15, 0.2) is 0 Å². The molecule has 0 unspecified atom stereocenters. The summed E-state index contributed by atoms with van der Waals surface area (Å²) in [5, 5.41) is 0.686. The maximum absolute atomic E-state index is 13.5. The summed E-state index contributed by atoms with van der Waals surface area (Å²) in [7, 11) is 1.44. The van der Waals surface area contributed by atoms with Crippen LogP contribution in [0.4, 0.5) is 31.1 Å². The van der Waals surface area contributed by atoms with Crippen molar-refractivity contribution < 1.29 is 50.1 Å². The van der Waals surface area contributed by atoms with E-state index in [0.29, 0.717) is 45.6 Å². The van der Waals surface area contributed by atoms with Crippen molar-refractivity contribution in [1.29, 1.82) is 0 Å². The van der Waals surface area contributed by atoms with Crippen LogP contribution >= 0.6 is 11.6 Å². The maximum atomic E-state index is 13.5. The number of rotatable bonds is 7. The monoisotopic (exact) mass is 613 g/mol. The van der Waals surface area contributed by atoms with E-state index in [0.717, 1.165) is 6.07 Å². The zero-order valence-electron chi connectivity index (χ0n) is 22.2. The Morgan fingerprint density at radius 2 is 1.48 bits per heavy atom. The molecule has 0 atom stereocenters. The van der Waals surface area contributed by atoms with Crippen LogP contribution < -0.4 is 9.47 Å². The summed E-state index contributed by atoms with van der Waals surface area (Å²) in [4.78, 5) is 16.3. The standard InChI is InChI=1S/C29H22ClF6NO5/c1-4-40-27(38)42-14-41-26-19-12-22(30)24(39-3)13-23(19)37-15(2)25(26)17-7-5-16(6-8-17)18-9-10-20(28(31,32)33)21(11-18)29(34,35)36/h5-13H,4,14H2,1-3H3. The second-order valence-corrected chi connectivity index (χ2v) is 9.24. The molecule has 42 heavy (non-hydrogen) atoms. The van der Waals surface area contributed by atoms with Crippen molar-refractivity contribution in [1.82, 2.24) is 4.98 Å². The van der Waals surface area contributed by atoms with Crippen LogP contribution in [0.3, 0.4) is 0 Å². The Bertz CT molecular complexity index is 1620. The lowest BCUT2D eigenvalue weighted by Crippen LogP contribution is -2.16. The minimum absolute atomic E-state index is 0.0616. The zero-order chi connectivity index (χ0) is 30.8. The van der Waals surface area contributed by atoms with Crippen molar-refractivity contribution in [3.05, 3.63) is 76.4 Å². The van der Waals surface area contributed by atoms with Gasteiger partial charge in [0.1, 0.15) is 11.5 Å². The van der Waals surface area contributed by atoms with E-state index >= 15 is 0 Å². The van der Waals surface area contributed by atoms with E-state index in [9.17, 15) is 31.1 Å². The van der Waals surface area contributed by atoms with Crippen molar-refractivity contribution >= 4 is 28.7 Å². The van der Waals surface area contributed by atoms with E-state index in [1.807, 2.05) is 0 Å². The summed E-state index contributed by atoms with van der Waals surface area (Å²) < 4.78 is 101. The Hall–Kier alpha value is -4.19. The van der Waals surface area contributed by atoms with Crippen LogP contribution in [0, 0.1) is 6.92 Å². The summed E-state index contributed by atoms with van der Waals surface area (Å²) in [6.07, 6.45) is -11.3. The first-order valence-electron chi connectivity index (χ1n) is 12.2. The predicted molar refractivity (Wildman–Crippen MR) is 143 cm³/mol. The number of carbonyl (C=O) groups excluding carboxylic acids is 1. The number of methoxy groups -OCH3 is 1. The molecule has 0 bridgehead atoms. The first-order chi connectivity index (χ1) is 19.7. The summed E-state index contributed by atoms with van der Waals surface area (Å²) in [5.74, 6) is 0.588. The first-order valence-corrected chi connectivity index (χ1v) is 12.6. The van der Waals surface area contributed by atoms with Crippen LogP contribution in [0.15, 0.2) is 54.6 Å². The van der Waals surface area contributed by atoms with Gasteiger partial charge in [-0.15, -0.1) is 0 Å². The van der Waals surface area contributed by atoms with Crippen LogP contribution in [0.5, 0.6) is 11.5 Å². The molecule has 1 heterocycles. The predicted octanol–water partition coefficient (Wildman–Crippen LogP) is 9.09. The van der Waals surface area contributed by atoms with Gasteiger partial charge in [0.05, 0.1) is 35.4 Å². The molecule has 0 saturated carbocycles. The highest BCUT2D eigenvalue weighted by atomic mass is 35.5. The first kappa shape index (κ1) is 30.8. The van der Waals surface area contributed by atoms with Crippen LogP contribution in [0.1, 0.15) is 23.7 Å². The second kappa shape index (κ2) is 12.0. The van der Waals surface area contributed by atoms with Crippen molar-refractivity contribution in [2.75, 3.05) is 20.5 Å². The molecule has 0 aliphatic carbocycles. The van der Waals surface area contributed by atoms with Crippen LogP contribution in [0.25, 0.3) is 33.2 Å². The molecule has 0 spiro atoms. The molecule has 4 rings (SSSR count). The number of alkyl halides is 6. The third-order valence-electron chi connectivity index (χ3n) is 6.17. The topological polar surface area (TPSA) is 66.9 Å². The molecule has 0 saturated heterocycles. The van der Waals surface area contributed by atoms with Crippen molar-refractivity contribution in [2.24, 2.45) is 0 Å². The lowest BCUT2D eigenvalue weighted by atomic mass is 9.95. The third kappa shape index (κ3) is 6.48. The number of ether oxygens (including phenoxy) is 4.